The largest absolute Gasteiger partial charge is 0.442 e. The number of nitrogens with zero attached hydrogens (tertiary/aromatic N) is 1. The van der Waals surface area contributed by atoms with Gasteiger partial charge in [-0.2, -0.15) is 5.06 Å². The SMILES string of the molecule is CC(C)(C)OC(=O)N(CCC(=O)c1ccccc1)OCc1ccccc1. The Morgan fingerprint density at radius 2 is 1.50 bits per heavy atom. The summed E-state index contributed by atoms with van der Waals surface area (Å²) in [6.45, 7) is 5.70. The number of carbonyl (C=O) groups is 2. The number of benzene rings is 2. The maximum atomic E-state index is 12.4. The van der Waals surface area contributed by atoms with Crippen LogP contribution in [-0.4, -0.2) is 29.1 Å². The summed E-state index contributed by atoms with van der Waals surface area (Å²) >= 11 is 0. The molecular formula is C21H25NO4. The van der Waals surface area contributed by atoms with Crippen molar-refractivity contribution in [2.45, 2.75) is 39.4 Å². The van der Waals surface area contributed by atoms with Crippen molar-refractivity contribution in [1.82, 2.24) is 5.06 Å². The number of hydrogen-bond acceptors (Lipinski definition) is 4. The van der Waals surface area contributed by atoms with Gasteiger partial charge in [0.2, 0.25) is 0 Å². The maximum Gasteiger partial charge on any atom is 0.434 e. The molecule has 0 aliphatic rings. The van der Waals surface area contributed by atoms with Gasteiger partial charge in [0, 0.05) is 12.0 Å². The standard InChI is InChI=1S/C21H25NO4/c1-21(2,3)26-20(24)22(25-16-17-10-6-4-7-11-17)15-14-19(23)18-12-8-5-9-13-18/h4-13H,14-16H2,1-3H3. The van der Waals surface area contributed by atoms with Crippen molar-refractivity contribution in [2.75, 3.05) is 6.54 Å². The molecule has 0 fully saturated rings. The van der Waals surface area contributed by atoms with Crippen LogP contribution in [-0.2, 0) is 16.2 Å². The van der Waals surface area contributed by atoms with Gasteiger partial charge >= 0.3 is 6.09 Å². The molecule has 2 aromatic carbocycles. The molecule has 0 radical (unpaired) electrons. The third-order valence-electron chi connectivity index (χ3n) is 3.46. The lowest BCUT2D eigenvalue weighted by Gasteiger charge is -2.26. The highest BCUT2D eigenvalue weighted by Crippen LogP contribution is 2.13. The lowest BCUT2D eigenvalue weighted by molar-refractivity contribution is -0.155. The van der Waals surface area contributed by atoms with Gasteiger partial charge < -0.3 is 4.74 Å². The van der Waals surface area contributed by atoms with Gasteiger partial charge in [0.25, 0.3) is 0 Å². The monoisotopic (exact) mass is 355 g/mol. The molecular weight excluding hydrogens is 330 g/mol. The summed E-state index contributed by atoms with van der Waals surface area (Å²) in [4.78, 5) is 30.3. The number of carbonyl (C=O) groups excluding carboxylic acids is 2. The summed E-state index contributed by atoms with van der Waals surface area (Å²) in [5, 5.41) is 1.12. The molecule has 5 nitrogen and oxygen atoms in total. The van der Waals surface area contributed by atoms with Gasteiger partial charge in [-0.15, -0.1) is 0 Å². The summed E-state index contributed by atoms with van der Waals surface area (Å²) in [5.74, 6) is -0.0533. The molecule has 1 amide bonds. The van der Waals surface area contributed by atoms with E-state index in [1.54, 1.807) is 32.9 Å². The molecule has 0 aliphatic heterocycles. The Hall–Kier alpha value is -2.66. The zero-order valence-corrected chi connectivity index (χ0v) is 15.5. The fourth-order valence-electron chi connectivity index (χ4n) is 2.22. The Kier molecular flexibility index (Phi) is 6.92. The van der Waals surface area contributed by atoms with Gasteiger partial charge in [-0.05, 0) is 26.3 Å². The summed E-state index contributed by atoms with van der Waals surface area (Å²) < 4.78 is 5.38. The van der Waals surface area contributed by atoms with Crippen LogP contribution in [0.25, 0.3) is 0 Å². The van der Waals surface area contributed by atoms with E-state index in [1.807, 2.05) is 48.5 Å². The first-order valence-electron chi connectivity index (χ1n) is 8.61. The van der Waals surface area contributed by atoms with E-state index >= 15 is 0 Å². The van der Waals surface area contributed by atoms with Crippen LogP contribution in [0.1, 0.15) is 43.1 Å². The Bertz CT molecular complexity index is 708. The number of Topliss-reactive ketones (excluding diaryl/α,β-unsaturated/α-hetero) is 1. The highest BCUT2D eigenvalue weighted by molar-refractivity contribution is 5.96. The molecule has 0 aliphatic carbocycles. The van der Waals surface area contributed by atoms with Crippen LogP contribution in [0.15, 0.2) is 60.7 Å². The van der Waals surface area contributed by atoms with Crippen molar-refractivity contribution in [3.63, 3.8) is 0 Å². The van der Waals surface area contributed by atoms with E-state index in [0.717, 1.165) is 10.6 Å². The highest BCUT2D eigenvalue weighted by Gasteiger charge is 2.24. The van der Waals surface area contributed by atoms with E-state index in [1.165, 1.54) is 0 Å². The average Bonchev–Trinajstić information content (AvgIpc) is 2.61. The smallest absolute Gasteiger partial charge is 0.434 e. The minimum absolute atomic E-state index is 0.0533. The molecule has 2 rings (SSSR count). The van der Waals surface area contributed by atoms with Crippen LogP contribution in [0.4, 0.5) is 4.79 Å². The number of hydroxylamine groups is 2. The average molecular weight is 355 g/mol. The predicted molar refractivity (Wildman–Crippen MR) is 99.6 cm³/mol. The summed E-state index contributed by atoms with van der Waals surface area (Å²) in [6.07, 6.45) is -0.452. The minimum atomic E-state index is -0.644. The first-order chi connectivity index (χ1) is 12.3. The second kappa shape index (κ2) is 9.15. The lowest BCUT2D eigenvalue weighted by Crippen LogP contribution is -2.38. The van der Waals surface area contributed by atoms with Crippen LogP contribution in [0, 0.1) is 0 Å². The molecule has 0 N–H and O–H groups in total. The van der Waals surface area contributed by atoms with E-state index in [4.69, 9.17) is 9.57 Å². The van der Waals surface area contributed by atoms with Crippen LogP contribution >= 0.6 is 0 Å². The normalized spacial score (nSPS) is 11.0. The molecule has 0 saturated heterocycles. The van der Waals surface area contributed by atoms with E-state index in [0.29, 0.717) is 5.56 Å². The maximum absolute atomic E-state index is 12.4. The van der Waals surface area contributed by atoms with Crippen molar-refractivity contribution in [1.29, 1.82) is 0 Å². The molecule has 0 saturated carbocycles. The van der Waals surface area contributed by atoms with Gasteiger partial charge in [0.15, 0.2) is 5.78 Å². The van der Waals surface area contributed by atoms with Crippen LogP contribution in [0.3, 0.4) is 0 Å². The van der Waals surface area contributed by atoms with Crippen molar-refractivity contribution in [2.24, 2.45) is 0 Å². The summed E-state index contributed by atoms with van der Waals surface area (Å²) in [5.41, 5.74) is 0.893. The third-order valence-corrected chi connectivity index (χ3v) is 3.46. The van der Waals surface area contributed by atoms with Gasteiger partial charge in [-0.3, -0.25) is 9.63 Å². The minimum Gasteiger partial charge on any atom is -0.442 e. The number of rotatable bonds is 7. The molecule has 0 bridgehead atoms. The molecule has 138 valence electrons. The van der Waals surface area contributed by atoms with Crippen LogP contribution in [0.5, 0.6) is 0 Å². The fourth-order valence-corrected chi connectivity index (χ4v) is 2.22. The molecule has 26 heavy (non-hydrogen) atoms. The quantitative estimate of drug-likeness (QED) is 0.537. The molecule has 5 heteroatoms. The molecule has 0 heterocycles. The van der Waals surface area contributed by atoms with Crippen molar-refractivity contribution < 1.29 is 19.2 Å². The zero-order valence-electron chi connectivity index (χ0n) is 15.5. The first-order valence-corrected chi connectivity index (χ1v) is 8.61. The van der Waals surface area contributed by atoms with E-state index in [2.05, 4.69) is 0 Å². The van der Waals surface area contributed by atoms with Gasteiger partial charge in [-0.1, -0.05) is 60.7 Å². The molecule has 0 atom stereocenters. The van der Waals surface area contributed by atoms with Crippen molar-refractivity contribution in [3.8, 4) is 0 Å². The van der Waals surface area contributed by atoms with E-state index < -0.39 is 11.7 Å². The summed E-state index contributed by atoms with van der Waals surface area (Å²) in [6, 6.07) is 18.5. The number of hydrogen-bond donors (Lipinski definition) is 0. The zero-order chi connectivity index (χ0) is 19.0. The Labute approximate surface area is 154 Å². The second-order valence-corrected chi connectivity index (χ2v) is 6.88. The van der Waals surface area contributed by atoms with Crippen LogP contribution < -0.4 is 0 Å². The predicted octanol–water partition coefficient (Wildman–Crippen LogP) is 4.63. The Balaban J connectivity index is 1.99. The number of ether oxygens (including phenoxy) is 1. The Morgan fingerprint density at radius 3 is 2.08 bits per heavy atom. The van der Waals surface area contributed by atoms with E-state index in [-0.39, 0.29) is 25.4 Å². The molecule has 2 aromatic rings. The van der Waals surface area contributed by atoms with Crippen LogP contribution in [0.2, 0.25) is 0 Å². The van der Waals surface area contributed by atoms with E-state index in [9.17, 15) is 9.59 Å². The third kappa shape index (κ3) is 6.69. The van der Waals surface area contributed by atoms with Gasteiger partial charge in [-0.25, -0.2) is 4.79 Å². The Morgan fingerprint density at radius 1 is 0.923 bits per heavy atom. The molecule has 0 aromatic heterocycles. The molecule has 0 spiro atoms. The van der Waals surface area contributed by atoms with Crippen molar-refractivity contribution in [3.05, 3.63) is 71.8 Å². The lowest BCUT2D eigenvalue weighted by atomic mass is 10.1. The fraction of sp³-hybridized carbons (Fsp3) is 0.333. The topological polar surface area (TPSA) is 55.8 Å². The van der Waals surface area contributed by atoms with Gasteiger partial charge in [0.1, 0.15) is 12.2 Å². The molecule has 0 unspecified atom stereocenters. The van der Waals surface area contributed by atoms with Gasteiger partial charge in [0.05, 0.1) is 6.54 Å². The first kappa shape index (κ1) is 19.7. The number of amides is 1. The summed E-state index contributed by atoms with van der Waals surface area (Å²) in [7, 11) is 0. The second-order valence-electron chi connectivity index (χ2n) is 6.88. The highest BCUT2D eigenvalue weighted by atomic mass is 16.7. The number of ketones is 1. The van der Waals surface area contributed by atoms with Crippen molar-refractivity contribution >= 4 is 11.9 Å².